The molecule has 1 atom stereocenters. The lowest BCUT2D eigenvalue weighted by Crippen LogP contribution is -2.36. The molecule has 6 rings (SSSR count). The molecule has 3 aromatic carbocycles. The van der Waals surface area contributed by atoms with Crippen molar-refractivity contribution in [3.63, 3.8) is 0 Å². The Morgan fingerprint density at radius 1 is 0.919 bits per heavy atom. The van der Waals surface area contributed by atoms with Crippen molar-refractivity contribution in [3.8, 4) is 11.5 Å². The van der Waals surface area contributed by atoms with Crippen LogP contribution in [0.25, 0.3) is 11.5 Å². The van der Waals surface area contributed by atoms with Crippen LogP contribution in [0.15, 0.2) is 82.2 Å². The van der Waals surface area contributed by atoms with E-state index in [1.54, 1.807) is 12.1 Å². The summed E-state index contributed by atoms with van der Waals surface area (Å²) in [6.45, 7) is 2.80. The fourth-order valence-corrected chi connectivity index (χ4v) is 4.46. The van der Waals surface area contributed by atoms with Crippen molar-refractivity contribution in [2.24, 2.45) is 4.99 Å². The molecule has 2 aliphatic heterocycles. The maximum atomic E-state index is 14.7. The number of aromatic nitrogens is 2. The third-order valence-electron chi connectivity index (χ3n) is 6.24. The van der Waals surface area contributed by atoms with Gasteiger partial charge in [-0.2, -0.15) is 0 Å². The highest BCUT2D eigenvalue weighted by atomic mass is 19.1. The molecular weight excluding hydrogens is 475 g/mol. The van der Waals surface area contributed by atoms with Gasteiger partial charge in [-0.1, -0.05) is 59.7 Å². The molecular formula is C27H23FN6O3. The second-order valence-corrected chi connectivity index (χ2v) is 8.57. The molecule has 4 aromatic rings. The van der Waals surface area contributed by atoms with Gasteiger partial charge in [0, 0.05) is 29.9 Å². The summed E-state index contributed by atoms with van der Waals surface area (Å²) in [5.41, 5.74) is 3.49. The van der Waals surface area contributed by atoms with Crippen LogP contribution in [0.3, 0.4) is 0 Å². The summed E-state index contributed by atoms with van der Waals surface area (Å²) < 4.78 is 26.1. The van der Waals surface area contributed by atoms with E-state index in [0.717, 1.165) is 29.9 Å². The maximum Gasteiger partial charge on any atom is 0.317 e. The van der Waals surface area contributed by atoms with Gasteiger partial charge in [-0.25, -0.2) is 9.38 Å². The Balaban J connectivity index is 1.33. The van der Waals surface area contributed by atoms with Gasteiger partial charge in [-0.15, -0.1) is 5.10 Å². The van der Waals surface area contributed by atoms with Crippen molar-refractivity contribution in [1.29, 1.82) is 0 Å². The number of aliphatic imine (C=N–C) groups is 1. The first-order chi connectivity index (χ1) is 18.2. The second kappa shape index (κ2) is 9.82. The molecule has 1 aromatic heterocycles. The predicted molar refractivity (Wildman–Crippen MR) is 137 cm³/mol. The number of halogens is 1. The zero-order valence-corrected chi connectivity index (χ0v) is 19.7. The summed E-state index contributed by atoms with van der Waals surface area (Å²) in [6, 6.07) is 21.7. The largest absolute Gasteiger partial charge is 0.403 e. The number of anilines is 3. The standard InChI is InChI=1S/C27H23FN6O3/c28-20-11-6-10-19-22(17-7-2-1-3-8-17)29-24(25(35)30-23(19)20)31-27-33-32-26(37-27)18-9-4-5-12-21(18)34-13-15-36-16-14-34/h1-12,24H,13-16H2,(H,30,35)(H,31,33)/t24-/m1/s1. The minimum Gasteiger partial charge on any atom is -0.403 e. The quantitative estimate of drug-likeness (QED) is 0.429. The Bertz CT molecular complexity index is 1470. The van der Waals surface area contributed by atoms with Gasteiger partial charge in [0.1, 0.15) is 5.82 Å². The number of benzodiazepines with no additional fused rings is 1. The van der Waals surface area contributed by atoms with Crippen molar-refractivity contribution in [1.82, 2.24) is 10.2 Å². The number of morpholine rings is 1. The van der Waals surface area contributed by atoms with Crippen molar-refractivity contribution in [2.75, 3.05) is 41.8 Å². The molecule has 2 aliphatic rings. The van der Waals surface area contributed by atoms with Crippen molar-refractivity contribution >= 4 is 29.0 Å². The van der Waals surface area contributed by atoms with Crippen molar-refractivity contribution in [2.45, 2.75) is 6.17 Å². The zero-order valence-electron chi connectivity index (χ0n) is 19.7. The number of hydrogen-bond donors (Lipinski definition) is 2. The third-order valence-corrected chi connectivity index (χ3v) is 6.24. The Morgan fingerprint density at radius 3 is 2.51 bits per heavy atom. The molecule has 0 radical (unpaired) electrons. The van der Waals surface area contributed by atoms with E-state index >= 15 is 0 Å². The summed E-state index contributed by atoms with van der Waals surface area (Å²) in [4.78, 5) is 20.0. The Hall–Kier alpha value is -4.57. The Morgan fingerprint density at radius 2 is 1.68 bits per heavy atom. The van der Waals surface area contributed by atoms with Crippen LogP contribution in [0, 0.1) is 5.82 Å². The topological polar surface area (TPSA) is 105 Å². The minimum absolute atomic E-state index is 0.0227. The zero-order chi connectivity index (χ0) is 25.2. The molecule has 3 heterocycles. The lowest BCUT2D eigenvalue weighted by atomic mass is 10.0. The normalized spacial score (nSPS) is 17.4. The number of rotatable bonds is 5. The van der Waals surface area contributed by atoms with E-state index in [1.807, 2.05) is 54.6 Å². The van der Waals surface area contributed by atoms with Gasteiger partial charge in [0.25, 0.3) is 11.8 Å². The van der Waals surface area contributed by atoms with Crippen LogP contribution in [0.5, 0.6) is 0 Å². The average Bonchev–Trinajstić information content (AvgIpc) is 3.36. The van der Waals surface area contributed by atoms with Gasteiger partial charge in [-0.05, 0) is 18.2 Å². The molecule has 1 fully saturated rings. The molecule has 0 bridgehead atoms. The molecule has 186 valence electrons. The fraction of sp³-hybridized carbons (Fsp3) is 0.185. The summed E-state index contributed by atoms with van der Waals surface area (Å²) in [5, 5.41) is 13.9. The van der Waals surface area contributed by atoms with Crippen LogP contribution in [0.4, 0.5) is 21.8 Å². The number of ether oxygens (including phenoxy) is 1. The van der Waals surface area contributed by atoms with E-state index < -0.39 is 17.9 Å². The van der Waals surface area contributed by atoms with Gasteiger partial charge in [0.15, 0.2) is 0 Å². The Kier molecular flexibility index (Phi) is 6.07. The average molecular weight is 499 g/mol. The molecule has 2 N–H and O–H groups in total. The number of fused-ring (bicyclic) bond motifs is 1. The molecule has 0 saturated carbocycles. The SMILES string of the molecule is O=C1Nc2c(F)cccc2C(c2ccccc2)=N[C@@H]1Nc1nnc(-c2ccccc2N2CCOCC2)o1. The first kappa shape index (κ1) is 22.9. The number of nitrogens with one attached hydrogen (secondary N) is 2. The van der Waals surface area contributed by atoms with E-state index in [4.69, 9.17) is 9.15 Å². The summed E-state index contributed by atoms with van der Waals surface area (Å²) in [6.07, 6.45) is -1.13. The van der Waals surface area contributed by atoms with Crippen LogP contribution in [0.2, 0.25) is 0 Å². The summed E-state index contributed by atoms with van der Waals surface area (Å²) >= 11 is 0. The lowest BCUT2D eigenvalue weighted by molar-refractivity contribution is -0.116. The van der Waals surface area contributed by atoms with E-state index in [9.17, 15) is 9.18 Å². The molecule has 37 heavy (non-hydrogen) atoms. The highest BCUT2D eigenvalue weighted by molar-refractivity contribution is 6.19. The highest BCUT2D eigenvalue weighted by Crippen LogP contribution is 2.32. The first-order valence-electron chi connectivity index (χ1n) is 11.9. The molecule has 1 amide bonds. The number of para-hydroxylation sites is 2. The monoisotopic (exact) mass is 498 g/mol. The van der Waals surface area contributed by atoms with Crippen molar-refractivity contribution < 1.29 is 18.3 Å². The summed E-state index contributed by atoms with van der Waals surface area (Å²) in [5.74, 6) is -0.791. The van der Waals surface area contributed by atoms with E-state index in [-0.39, 0.29) is 11.7 Å². The van der Waals surface area contributed by atoms with Gasteiger partial charge >= 0.3 is 6.01 Å². The molecule has 10 heteroatoms. The number of benzene rings is 3. The number of carbonyl (C=O) groups is 1. The van der Waals surface area contributed by atoms with Crippen LogP contribution in [-0.2, 0) is 9.53 Å². The van der Waals surface area contributed by atoms with Gasteiger partial charge < -0.3 is 24.7 Å². The van der Waals surface area contributed by atoms with Crippen LogP contribution < -0.4 is 15.5 Å². The van der Waals surface area contributed by atoms with Gasteiger partial charge in [-0.3, -0.25) is 4.79 Å². The minimum atomic E-state index is -1.13. The molecule has 0 aliphatic carbocycles. The maximum absolute atomic E-state index is 14.7. The molecule has 0 spiro atoms. The van der Waals surface area contributed by atoms with E-state index in [1.165, 1.54) is 6.07 Å². The Labute approximate surface area is 212 Å². The number of carbonyl (C=O) groups excluding carboxylic acids is 1. The summed E-state index contributed by atoms with van der Waals surface area (Å²) in [7, 11) is 0. The predicted octanol–water partition coefficient (Wildman–Crippen LogP) is 3.94. The van der Waals surface area contributed by atoms with Crippen molar-refractivity contribution in [3.05, 3.63) is 89.7 Å². The lowest BCUT2D eigenvalue weighted by Gasteiger charge is -2.29. The van der Waals surface area contributed by atoms with E-state index in [0.29, 0.717) is 30.4 Å². The van der Waals surface area contributed by atoms with Gasteiger partial charge in [0.2, 0.25) is 6.17 Å². The van der Waals surface area contributed by atoms with Gasteiger partial charge in [0.05, 0.1) is 30.2 Å². The third kappa shape index (κ3) is 4.54. The number of nitrogens with zero attached hydrogens (tertiary/aromatic N) is 4. The molecule has 9 nitrogen and oxygen atoms in total. The van der Waals surface area contributed by atoms with Crippen LogP contribution >= 0.6 is 0 Å². The molecule has 0 unspecified atom stereocenters. The van der Waals surface area contributed by atoms with Crippen LogP contribution in [-0.4, -0.2) is 54.3 Å². The first-order valence-corrected chi connectivity index (χ1v) is 11.9. The number of hydrogen-bond acceptors (Lipinski definition) is 8. The smallest absolute Gasteiger partial charge is 0.317 e. The fourth-order valence-electron chi connectivity index (χ4n) is 4.46. The number of amides is 1. The molecule has 1 saturated heterocycles. The van der Waals surface area contributed by atoms with E-state index in [2.05, 4.69) is 30.7 Å². The van der Waals surface area contributed by atoms with Crippen LogP contribution in [0.1, 0.15) is 11.1 Å². The second-order valence-electron chi connectivity index (χ2n) is 8.57. The highest BCUT2D eigenvalue weighted by Gasteiger charge is 2.29.